The molecule has 0 bridgehead atoms. The smallest absolute Gasteiger partial charge is 0.359 e. The number of alkyl halides is 3. The van der Waals surface area contributed by atoms with Crippen LogP contribution in [0.2, 0.25) is 0 Å². The van der Waals surface area contributed by atoms with Gasteiger partial charge in [0.1, 0.15) is 5.82 Å². The predicted molar refractivity (Wildman–Crippen MR) is 161 cm³/mol. The van der Waals surface area contributed by atoms with Gasteiger partial charge in [0, 0.05) is 54.9 Å². The van der Waals surface area contributed by atoms with Crippen molar-refractivity contribution >= 4 is 28.1 Å². The first-order valence-electron chi connectivity index (χ1n) is 14.3. The Morgan fingerprint density at radius 1 is 1.05 bits per heavy atom. The fraction of sp³-hybridized carbons (Fsp3) is 0.364. The van der Waals surface area contributed by atoms with Crippen molar-refractivity contribution < 1.29 is 22.0 Å². The number of rotatable bonds is 5. The maximum Gasteiger partial charge on any atom is 0.417 e. The minimum atomic E-state index is -4.68. The van der Waals surface area contributed by atoms with E-state index in [1.54, 1.807) is 17.2 Å². The molecule has 0 atom stereocenters. The number of aromatic nitrogens is 2. The SMILES string of the molecule is CCC.CCc1ccccc1N(C)/C(=C1\CCCN(c2ncc(C(F)(F)F)cc2F)C1)c1ccc(F)c2[nH]cc(C)c12. The number of nitrogens with one attached hydrogen (secondary N) is 1. The lowest BCUT2D eigenvalue weighted by Gasteiger charge is -2.35. The molecule has 0 radical (unpaired) electrons. The summed E-state index contributed by atoms with van der Waals surface area (Å²) in [7, 11) is 1.96. The second-order valence-corrected chi connectivity index (χ2v) is 10.6. The largest absolute Gasteiger partial charge is 0.417 e. The number of benzene rings is 2. The molecule has 2 aromatic carbocycles. The Morgan fingerprint density at radius 3 is 2.43 bits per heavy atom. The summed E-state index contributed by atoms with van der Waals surface area (Å²) in [6.07, 6.45) is 1.17. The van der Waals surface area contributed by atoms with Crippen molar-refractivity contribution in [1.29, 1.82) is 0 Å². The van der Waals surface area contributed by atoms with Crippen molar-refractivity contribution in [2.45, 2.75) is 59.6 Å². The van der Waals surface area contributed by atoms with Gasteiger partial charge < -0.3 is 14.8 Å². The molecular weight excluding hydrogens is 547 g/mol. The summed E-state index contributed by atoms with van der Waals surface area (Å²) in [6.45, 7) is 8.96. The van der Waals surface area contributed by atoms with Gasteiger partial charge in [-0.05, 0) is 67.2 Å². The molecule has 4 aromatic rings. The van der Waals surface area contributed by atoms with Crippen molar-refractivity contribution in [3.05, 3.63) is 94.3 Å². The monoisotopic (exact) mass is 584 g/mol. The Labute approximate surface area is 243 Å². The number of aromatic amines is 1. The number of hydrogen-bond acceptors (Lipinski definition) is 3. The average Bonchev–Trinajstić information content (AvgIpc) is 3.36. The van der Waals surface area contributed by atoms with E-state index in [2.05, 4.69) is 41.7 Å². The Balaban J connectivity index is 0.00000129. The minimum absolute atomic E-state index is 0.113. The summed E-state index contributed by atoms with van der Waals surface area (Å²) in [5.74, 6) is -1.48. The average molecular weight is 585 g/mol. The molecule has 0 saturated carbocycles. The van der Waals surface area contributed by atoms with Crippen molar-refractivity contribution in [3.8, 4) is 0 Å². The van der Waals surface area contributed by atoms with Crippen LogP contribution in [-0.2, 0) is 12.6 Å². The summed E-state index contributed by atoms with van der Waals surface area (Å²) in [5, 5.41) is 0.759. The first-order chi connectivity index (χ1) is 20.0. The van der Waals surface area contributed by atoms with Gasteiger partial charge in [0.05, 0.1) is 11.1 Å². The molecule has 1 N–H and O–H groups in total. The van der Waals surface area contributed by atoms with Crippen LogP contribution in [0.4, 0.5) is 33.5 Å². The number of aryl methyl sites for hydroxylation is 2. The third kappa shape index (κ3) is 6.30. The first kappa shape index (κ1) is 31.1. The van der Waals surface area contributed by atoms with Crippen molar-refractivity contribution in [2.24, 2.45) is 0 Å². The number of hydrogen-bond donors (Lipinski definition) is 1. The summed E-state index contributed by atoms with van der Waals surface area (Å²) < 4.78 is 69.0. The zero-order chi connectivity index (χ0) is 30.6. The summed E-state index contributed by atoms with van der Waals surface area (Å²) in [4.78, 5) is 10.7. The van der Waals surface area contributed by atoms with Crippen LogP contribution >= 0.6 is 0 Å². The lowest BCUT2D eigenvalue weighted by atomic mass is 9.94. The molecule has 0 aliphatic carbocycles. The number of halogens is 5. The fourth-order valence-electron chi connectivity index (χ4n) is 5.51. The normalized spacial score (nSPS) is 15.0. The first-order valence-corrected chi connectivity index (χ1v) is 14.3. The highest BCUT2D eigenvalue weighted by atomic mass is 19.4. The quantitative estimate of drug-likeness (QED) is 0.238. The zero-order valence-corrected chi connectivity index (χ0v) is 24.7. The number of H-pyrrole nitrogens is 1. The van der Waals surface area contributed by atoms with Gasteiger partial charge in [-0.25, -0.2) is 13.8 Å². The molecule has 42 heavy (non-hydrogen) atoms. The molecule has 1 fully saturated rings. The predicted octanol–water partition coefficient (Wildman–Crippen LogP) is 9.29. The Kier molecular flexibility index (Phi) is 9.59. The van der Waals surface area contributed by atoms with Crippen molar-refractivity contribution in [2.75, 3.05) is 29.9 Å². The Morgan fingerprint density at radius 2 is 1.76 bits per heavy atom. The van der Waals surface area contributed by atoms with Crippen LogP contribution in [0.25, 0.3) is 16.6 Å². The van der Waals surface area contributed by atoms with E-state index in [-0.39, 0.29) is 18.2 Å². The highest BCUT2D eigenvalue weighted by molar-refractivity contribution is 5.99. The van der Waals surface area contributed by atoms with Gasteiger partial charge >= 0.3 is 6.18 Å². The second kappa shape index (κ2) is 13.0. The van der Waals surface area contributed by atoms with E-state index in [1.807, 2.05) is 32.2 Å². The number of anilines is 2. The van der Waals surface area contributed by atoms with Crippen LogP contribution in [0.15, 0.2) is 60.4 Å². The molecule has 4 nitrogen and oxygen atoms in total. The van der Waals surface area contributed by atoms with Crippen molar-refractivity contribution in [1.82, 2.24) is 9.97 Å². The van der Waals surface area contributed by atoms with Gasteiger partial charge in [-0.2, -0.15) is 13.2 Å². The molecule has 0 amide bonds. The highest BCUT2D eigenvalue weighted by Crippen LogP contribution is 2.39. The van der Waals surface area contributed by atoms with Gasteiger partial charge in [-0.15, -0.1) is 0 Å². The van der Waals surface area contributed by atoms with Gasteiger partial charge in [0.15, 0.2) is 11.6 Å². The molecule has 9 heteroatoms. The second-order valence-electron chi connectivity index (χ2n) is 10.6. The Hall–Kier alpha value is -3.88. The summed E-state index contributed by atoms with van der Waals surface area (Å²) >= 11 is 0. The lowest BCUT2D eigenvalue weighted by Crippen LogP contribution is -2.34. The molecule has 0 spiro atoms. The van der Waals surface area contributed by atoms with Crippen LogP contribution in [0.5, 0.6) is 0 Å². The van der Waals surface area contributed by atoms with Gasteiger partial charge in [0.2, 0.25) is 0 Å². The van der Waals surface area contributed by atoms with Gasteiger partial charge in [-0.3, -0.25) is 0 Å². The van der Waals surface area contributed by atoms with Gasteiger partial charge in [-0.1, -0.05) is 45.4 Å². The van der Waals surface area contributed by atoms with E-state index >= 15 is 0 Å². The third-order valence-corrected chi connectivity index (χ3v) is 7.38. The highest BCUT2D eigenvalue weighted by Gasteiger charge is 2.33. The van der Waals surface area contributed by atoms with E-state index in [1.165, 1.54) is 12.5 Å². The van der Waals surface area contributed by atoms with Crippen LogP contribution in [-0.4, -0.2) is 30.1 Å². The van der Waals surface area contributed by atoms with Crippen LogP contribution in [0.1, 0.15) is 62.3 Å². The summed E-state index contributed by atoms with van der Waals surface area (Å²) in [6, 6.07) is 11.7. The molecule has 3 heterocycles. The summed E-state index contributed by atoms with van der Waals surface area (Å²) in [5.41, 5.74) is 4.95. The number of nitrogens with zero attached hydrogens (tertiary/aromatic N) is 3. The number of fused-ring (bicyclic) bond motifs is 1. The molecule has 1 aliphatic rings. The maximum atomic E-state index is 14.9. The van der Waals surface area contributed by atoms with E-state index in [9.17, 15) is 22.0 Å². The van der Waals surface area contributed by atoms with E-state index in [0.717, 1.165) is 45.5 Å². The molecular formula is C33H37F5N4. The molecule has 5 rings (SSSR count). The topological polar surface area (TPSA) is 35.2 Å². The van der Waals surface area contributed by atoms with Crippen LogP contribution < -0.4 is 9.80 Å². The van der Waals surface area contributed by atoms with Gasteiger partial charge in [0.25, 0.3) is 0 Å². The number of piperidine rings is 1. The molecule has 1 aliphatic heterocycles. The van der Waals surface area contributed by atoms with Crippen LogP contribution in [0, 0.1) is 18.6 Å². The molecule has 0 unspecified atom stereocenters. The van der Waals surface area contributed by atoms with E-state index < -0.39 is 17.6 Å². The zero-order valence-electron chi connectivity index (χ0n) is 24.7. The van der Waals surface area contributed by atoms with E-state index in [4.69, 9.17) is 0 Å². The standard InChI is InChI=1S/C30H29F5N4.C3H8/c1-4-19-8-5-6-10-25(19)38(3)28(22-11-12-23(31)27-26(22)18(2)15-36-27)20-9-7-13-39(17-20)29-24(32)14-21(16-37-29)30(33,34)35;1-3-2/h5-6,8,10-12,14-16,36H,4,7,9,13,17H2,1-3H3;3H2,1-2H3/b28-20+;. The van der Waals surface area contributed by atoms with Crippen molar-refractivity contribution in [3.63, 3.8) is 0 Å². The lowest BCUT2D eigenvalue weighted by molar-refractivity contribution is -0.138. The molecule has 1 saturated heterocycles. The number of pyridine rings is 1. The molecule has 2 aromatic heterocycles. The van der Waals surface area contributed by atoms with Crippen LogP contribution in [0.3, 0.4) is 0 Å². The maximum absolute atomic E-state index is 14.9. The fourth-order valence-corrected chi connectivity index (χ4v) is 5.51. The van der Waals surface area contributed by atoms with E-state index in [0.29, 0.717) is 37.2 Å². The number of para-hydroxylation sites is 1. The minimum Gasteiger partial charge on any atom is -0.359 e. The Bertz CT molecular complexity index is 1570. The third-order valence-electron chi connectivity index (χ3n) is 7.38. The molecule has 224 valence electrons.